The Labute approximate surface area is 178 Å². The number of ether oxygens (including phenoxy) is 1. The second-order valence-corrected chi connectivity index (χ2v) is 9.46. The van der Waals surface area contributed by atoms with Crippen LogP contribution in [-0.2, 0) is 11.3 Å². The highest BCUT2D eigenvalue weighted by molar-refractivity contribution is 5.87. The second kappa shape index (κ2) is 8.38. The number of hydrogen-bond acceptors (Lipinski definition) is 2. The molecule has 2 aliphatic heterocycles. The Hall–Kier alpha value is -2.40. The van der Waals surface area contributed by atoms with Gasteiger partial charge in [0.2, 0.25) is 0 Å². The van der Waals surface area contributed by atoms with Gasteiger partial charge < -0.3 is 9.22 Å². The maximum atomic E-state index is 14.6. The second-order valence-electron chi connectivity index (χ2n) is 9.46. The molecule has 1 amide bonds. The first kappa shape index (κ1) is 20.9. The van der Waals surface area contributed by atoms with Crippen molar-refractivity contribution in [1.29, 1.82) is 0 Å². The molecular weight excluding hydrogens is 379 g/mol. The fraction of sp³-hybridized carbons (Fsp3) is 0.480. The monoisotopic (exact) mass is 411 g/mol. The lowest BCUT2D eigenvalue weighted by molar-refractivity contribution is -0.931. The van der Waals surface area contributed by atoms with E-state index in [9.17, 15) is 9.18 Å². The number of amides is 1. The largest absolute Gasteiger partial charge is 0.449 e. The Morgan fingerprint density at radius 2 is 1.77 bits per heavy atom. The summed E-state index contributed by atoms with van der Waals surface area (Å²) in [4.78, 5) is 14.5. The third-order valence-corrected chi connectivity index (χ3v) is 7.17. The van der Waals surface area contributed by atoms with Gasteiger partial charge in [-0.25, -0.2) is 9.18 Å². The molecule has 2 atom stereocenters. The van der Waals surface area contributed by atoms with Gasteiger partial charge in [0.15, 0.2) is 0 Å². The summed E-state index contributed by atoms with van der Waals surface area (Å²) in [6, 6.07) is 15.8. The quantitative estimate of drug-likeness (QED) is 0.625. The molecule has 2 aliphatic rings. The van der Waals surface area contributed by atoms with Crippen molar-refractivity contribution in [2.24, 2.45) is 5.92 Å². The standard InChI is InChI=1S/C25H32FN2O2/c1-18-9-12-23(26)24(13-18)27(16-19-7-5-4-6-8-19)25(29)30-17-20-14-21-10-11-22(15-20)28(21,2)3/h4-9,12-13,20-22H,10-11,14-17H2,1-3H3/q+1. The van der Waals surface area contributed by atoms with Crippen LogP contribution in [0, 0.1) is 18.7 Å². The molecule has 2 aromatic rings. The number of fused-ring (bicyclic) bond motifs is 2. The molecule has 0 spiro atoms. The molecule has 4 rings (SSSR count). The number of anilines is 1. The lowest BCUT2D eigenvalue weighted by Gasteiger charge is -2.44. The van der Waals surface area contributed by atoms with Crippen LogP contribution in [0.2, 0.25) is 0 Å². The molecule has 30 heavy (non-hydrogen) atoms. The highest BCUT2D eigenvalue weighted by atomic mass is 19.1. The number of rotatable bonds is 5. The third-order valence-electron chi connectivity index (χ3n) is 7.17. The molecule has 2 aromatic carbocycles. The molecule has 5 heteroatoms. The van der Waals surface area contributed by atoms with Crippen molar-refractivity contribution in [3.05, 3.63) is 65.5 Å². The van der Waals surface area contributed by atoms with Gasteiger partial charge in [0.1, 0.15) is 5.82 Å². The molecular formula is C25H32FN2O2+. The van der Waals surface area contributed by atoms with Gasteiger partial charge in [0.05, 0.1) is 45.0 Å². The highest BCUT2D eigenvalue weighted by Crippen LogP contribution is 2.42. The number of benzene rings is 2. The number of aryl methyl sites for hydroxylation is 1. The Balaban J connectivity index is 1.48. The van der Waals surface area contributed by atoms with Gasteiger partial charge >= 0.3 is 6.09 Å². The number of carbonyl (C=O) groups excluding carboxylic acids is 1. The van der Waals surface area contributed by atoms with Crippen LogP contribution < -0.4 is 4.90 Å². The maximum absolute atomic E-state index is 14.6. The number of halogens is 1. The van der Waals surface area contributed by atoms with Crippen molar-refractivity contribution in [3.8, 4) is 0 Å². The Kier molecular flexibility index (Phi) is 5.83. The average Bonchev–Trinajstić information content (AvgIpc) is 2.89. The van der Waals surface area contributed by atoms with E-state index in [4.69, 9.17) is 4.74 Å². The molecule has 4 nitrogen and oxygen atoms in total. The van der Waals surface area contributed by atoms with Crippen molar-refractivity contribution < 1.29 is 18.4 Å². The van der Waals surface area contributed by atoms with E-state index < -0.39 is 11.9 Å². The molecule has 0 aromatic heterocycles. The Morgan fingerprint density at radius 1 is 1.10 bits per heavy atom. The molecule has 2 bridgehead atoms. The predicted octanol–water partition coefficient (Wildman–Crippen LogP) is 5.29. The first-order valence-electron chi connectivity index (χ1n) is 10.9. The normalized spacial score (nSPS) is 24.5. The SMILES string of the molecule is Cc1ccc(F)c(N(Cc2ccccc2)C(=O)OCC2CC3CCC(C2)[N+]3(C)C)c1. The van der Waals surface area contributed by atoms with Gasteiger partial charge in [-0.2, -0.15) is 0 Å². The summed E-state index contributed by atoms with van der Waals surface area (Å²) in [6.45, 7) is 2.58. The number of hydrogen-bond donors (Lipinski definition) is 0. The number of carbonyl (C=O) groups is 1. The zero-order valence-corrected chi connectivity index (χ0v) is 18.2. The number of quaternary nitrogens is 1. The van der Waals surface area contributed by atoms with Crippen LogP contribution in [0.25, 0.3) is 0 Å². The molecule has 0 saturated carbocycles. The lowest BCUT2D eigenvalue weighted by atomic mass is 9.90. The van der Waals surface area contributed by atoms with Gasteiger partial charge in [0, 0.05) is 31.6 Å². The molecule has 160 valence electrons. The van der Waals surface area contributed by atoms with Crippen molar-refractivity contribution in [1.82, 2.24) is 0 Å². The van der Waals surface area contributed by atoms with E-state index in [0.29, 0.717) is 24.6 Å². The Morgan fingerprint density at radius 3 is 2.43 bits per heavy atom. The van der Waals surface area contributed by atoms with Crippen LogP contribution in [0.15, 0.2) is 48.5 Å². The zero-order valence-electron chi connectivity index (χ0n) is 18.2. The van der Waals surface area contributed by atoms with Crippen LogP contribution >= 0.6 is 0 Å². The fourth-order valence-corrected chi connectivity index (χ4v) is 5.24. The van der Waals surface area contributed by atoms with Gasteiger partial charge in [-0.15, -0.1) is 0 Å². The molecule has 0 radical (unpaired) electrons. The first-order chi connectivity index (χ1) is 14.3. The maximum Gasteiger partial charge on any atom is 0.414 e. The van der Waals surface area contributed by atoms with E-state index in [2.05, 4.69) is 14.1 Å². The smallest absolute Gasteiger partial charge is 0.414 e. The van der Waals surface area contributed by atoms with E-state index in [1.807, 2.05) is 37.3 Å². The minimum atomic E-state index is -0.477. The summed E-state index contributed by atoms with van der Waals surface area (Å²) in [5, 5.41) is 0. The summed E-state index contributed by atoms with van der Waals surface area (Å²) in [7, 11) is 4.65. The fourth-order valence-electron chi connectivity index (χ4n) is 5.24. The molecule has 0 N–H and O–H groups in total. The lowest BCUT2D eigenvalue weighted by Crippen LogP contribution is -2.55. The van der Waals surface area contributed by atoms with Crippen LogP contribution in [0.3, 0.4) is 0 Å². The first-order valence-corrected chi connectivity index (χ1v) is 10.9. The van der Waals surface area contributed by atoms with Crippen LogP contribution in [0.5, 0.6) is 0 Å². The molecule has 0 aliphatic carbocycles. The van der Waals surface area contributed by atoms with Gasteiger partial charge in [-0.3, -0.25) is 4.90 Å². The van der Waals surface area contributed by atoms with Crippen molar-refractivity contribution in [2.45, 2.75) is 51.2 Å². The van der Waals surface area contributed by atoms with Gasteiger partial charge in [0.25, 0.3) is 0 Å². The van der Waals surface area contributed by atoms with Crippen LogP contribution in [-0.4, -0.2) is 43.4 Å². The van der Waals surface area contributed by atoms with Crippen LogP contribution in [0.1, 0.15) is 36.8 Å². The number of nitrogens with zero attached hydrogens (tertiary/aromatic N) is 2. The minimum Gasteiger partial charge on any atom is -0.449 e. The summed E-state index contributed by atoms with van der Waals surface area (Å²) in [5.74, 6) is -0.0261. The summed E-state index contributed by atoms with van der Waals surface area (Å²) >= 11 is 0. The van der Waals surface area contributed by atoms with Gasteiger partial charge in [-0.05, 0) is 30.2 Å². The van der Waals surface area contributed by atoms with E-state index in [1.54, 1.807) is 12.1 Å². The van der Waals surface area contributed by atoms with E-state index in [-0.39, 0.29) is 12.2 Å². The summed E-state index contributed by atoms with van der Waals surface area (Å²) in [5.41, 5.74) is 2.11. The Bertz CT molecular complexity index is 883. The zero-order chi connectivity index (χ0) is 21.3. The minimum absolute atomic E-state index is 0.269. The van der Waals surface area contributed by atoms with Gasteiger partial charge in [-0.1, -0.05) is 36.4 Å². The highest BCUT2D eigenvalue weighted by Gasteiger charge is 2.49. The summed E-state index contributed by atoms with van der Waals surface area (Å²) in [6.07, 6.45) is 4.23. The predicted molar refractivity (Wildman–Crippen MR) is 117 cm³/mol. The number of piperidine rings is 1. The van der Waals surface area contributed by atoms with Crippen molar-refractivity contribution in [2.75, 3.05) is 25.6 Å². The van der Waals surface area contributed by atoms with Crippen LogP contribution in [0.4, 0.5) is 14.9 Å². The molecule has 2 saturated heterocycles. The van der Waals surface area contributed by atoms with Crippen molar-refractivity contribution >= 4 is 11.8 Å². The topological polar surface area (TPSA) is 29.5 Å². The van der Waals surface area contributed by atoms with E-state index >= 15 is 0 Å². The molecule has 2 heterocycles. The van der Waals surface area contributed by atoms with Crippen molar-refractivity contribution in [3.63, 3.8) is 0 Å². The third kappa shape index (κ3) is 4.22. The van der Waals surface area contributed by atoms with E-state index in [1.165, 1.54) is 23.8 Å². The summed E-state index contributed by atoms with van der Waals surface area (Å²) < 4.78 is 21.5. The van der Waals surface area contributed by atoms with E-state index in [0.717, 1.165) is 28.5 Å². The molecule has 2 fully saturated rings. The molecule has 2 unspecified atom stereocenters. The average molecular weight is 412 g/mol.